The van der Waals surface area contributed by atoms with E-state index in [2.05, 4.69) is 10.3 Å². The lowest BCUT2D eigenvalue weighted by molar-refractivity contribution is -0.384. The van der Waals surface area contributed by atoms with Crippen LogP contribution in [0.4, 0.5) is 5.69 Å². The molecule has 21 heavy (non-hydrogen) atoms. The number of nitrogens with one attached hydrogen (secondary N) is 1. The van der Waals surface area contributed by atoms with Crippen LogP contribution in [0.2, 0.25) is 0 Å². The van der Waals surface area contributed by atoms with Gasteiger partial charge in [0.15, 0.2) is 0 Å². The number of nitro groups is 1. The molecule has 0 aliphatic rings. The zero-order valence-electron chi connectivity index (χ0n) is 11.5. The Morgan fingerprint density at radius 1 is 1.38 bits per heavy atom. The first-order valence-electron chi connectivity index (χ1n) is 6.57. The van der Waals surface area contributed by atoms with E-state index in [-0.39, 0.29) is 17.6 Å². The van der Waals surface area contributed by atoms with Crippen LogP contribution in [0.15, 0.2) is 48.8 Å². The number of hydrogen-bond acceptors (Lipinski definition) is 4. The van der Waals surface area contributed by atoms with Crippen molar-refractivity contribution in [2.24, 2.45) is 0 Å². The van der Waals surface area contributed by atoms with Crippen molar-refractivity contribution < 1.29 is 9.72 Å². The predicted octanol–water partition coefficient (Wildman–Crippen LogP) is 2.87. The average molecular weight is 285 g/mol. The summed E-state index contributed by atoms with van der Waals surface area (Å²) in [5, 5.41) is 13.7. The van der Waals surface area contributed by atoms with Crippen LogP contribution >= 0.6 is 0 Å². The van der Waals surface area contributed by atoms with Gasteiger partial charge in [-0.15, -0.1) is 0 Å². The molecule has 108 valence electrons. The number of aromatic nitrogens is 1. The van der Waals surface area contributed by atoms with Crippen molar-refractivity contribution in [2.75, 3.05) is 0 Å². The lowest BCUT2D eigenvalue weighted by Gasteiger charge is -2.17. The van der Waals surface area contributed by atoms with E-state index in [1.807, 2.05) is 6.92 Å². The second-order valence-corrected chi connectivity index (χ2v) is 4.53. The van der Waals surface area contributed by atoms with Crippen molar-refractivity contribution in [3.8, 4) is 0 Å². The summed E-state index contributed by atoms with van der Waals surface area (Å²) in [7, 11) is 0. The van der Waals surface area contributed by atoms with Crippen molar-refractivity contribution in [3.63, 3.8) is 0 Å². The quantitative estimate of drug-likeness (QED) is 0.676. The van der Waals surface area contributed by atoms with Crippen LogP contribution in [0.5, 0.6) is 0 Å². The van der Waals surface area contributed by atoms with E-state index in [1.165, 1.54) is 18.3 Å². The highest BCUT2D eigenvalue weighted by Crippen LogP contribution is 2.21. The fraction of sp³-hybridized carbons (Fsp3) is 0.200. The maximum absolute atomic E-state index is 12.1. The Hall–Kier alpha value is -2.76. The first-order chi connectivity index (χ1) is 10.1. The summed E-state index contributed by atoms with van der Waals surface area (Å²) in [5.74, 6) is -0.249. The molecule has 2 rings (SSSR count). The number of benzene rings is 1. The fourth-order valence-electron chi connectivity index (χ4n) is 2.01. The van der Waals surface area contributed by atoms with Gasteiger partial charge in [0, 0.05) is 24.5 Å². The molecule has 0 unspecified atom stereocenters. The molecular weight excluding hydrogens is 270 g/mol. The molecule has 1 heterocycles. The van der Waals surface area contributed by atoms with Gasteiger partial charge in [0.05, 0.1) is 16.5 Å². The minimum absolute atomic E-state index is 0.0153. The minimum Gasteiger partial charge on any atom is -0.345 e. The van der Waals surface area contributed by atoms with Gasteiger partial charge in [-0.1, -0.05) is 19.1 Å². The van der Waals surface area contributed by atoms with E-state index in [0.717, 1.165) is 0 Å². The average Bonchev–Trinajstić information content (AvgIpc) is 2.53. The molecule has 0 saturated carbocycles. The fourth-order valence-corrected chi connectivity index (χ4v) is 2.01. The number of non-ortho nitro benzene ring substituents is 1. The maximum Gasteiger partial charge on any atom is 0.269 e. The van der Waals surface area contributed by atoms with Gasteiger partial charge in [-0.25, -0.2) is 0 Å². The molecule has 0 aliphatic heterocycles. The molecule has 1 atom stereocenters. The van der Waals surface area contributed by atoms with Crippen LogP contribution < -0.4 is 5.32 Å². The zero-order valence-corrected chi connectivity index (χ0v) is 11.5. The van der Waals surface area contributed by atoms with E-state index < -0.39 is 4.92 Å². The van der Waals surface area contributed by atoms with E-state index in [0.29, 0.717) is 17.5 Å². The smallest absolute Gasteiger partial charge is 0.269 e. The summed E-state index contributed by atoms with van der Waals surface area (Å²) in [6, 6.07) is 9.37. The summed E-state index contributed by atoms with van der Waals surface area (Å²) in [6.07, 6.45) is 3.71. The van der Waals surface area contributed by atoms with Gasteiger partial charge in [-0.3, -0.25) is 19.9 Å². The second-order valence-electron chi connectivity index (χ2n) is 4.53. The van der Waals surface area contributed by atoms with Crippen LogP contribution in [0.3, 0.4) is 0 Å². The van der Waals surface area contributed by atoms with Gasteiger partial charge in [0.25, 0.3) is 11.6 Å². The molecule has 6 heteroatoms. The molecule has 1 N–H and O–H groups in total. The van der Waals surface area contributed by atoms with Gasteiger partial charge < -0.3 is 5.32 Å². The molecule has 0 spiro atoms. The van der Waals surface area contributed by atoms with Crippen molar-refractivity contribution in [1.82, 2.24) is 10.3 Å². The molecular formula is C15H15N3O3. The summed E-state index contributed by atoms with van der Waals surface area (Å²) < 4.78 is 0. The third-order valence-corrected chi connectivity index (χ3v) is 3.12. The van der Waals surface area contributed by atoms with Crippen molar-refractivity contribution in [1.29, 1.82) is 0 Å². The zero-order chi connectivity index (χ0) is 15.2. The lowest BCUT2D eigenvalue weighted by atomic mass is 10.0. The molecule has 0 bridgehead atoms. The van der Waals surface area contributed by atoms with E-state index >= 15 is 0 Å². The summed E-state index contributed by atoms with van der Waals surface area (Å²) in [5.41, 5.74) is 1.19. The standard InChI is InChI=1S/C15H15N3O3/c1-2-14(11-5-3-7-13(9-11)18(20)21)17-15(19)12-6-4-8-16-10-12/h3-10,14H,2H2,1H3,(H,17,19)/t14-/m0/s1. The number of pyridine rings is 1. The SMILES string of the molecule is CC[C@H](NC(=O)c1cccnc1)c1cccc([N+](=O)[O-])c1. The summed E-state index contributed by atoms with van der Waals surface area (Å²) in [6.45, 7) is 1.91. The molecule has 1 aromatic heterocycles. The molecule has 2 aromatic rings. The number of rotatable bonds is 5. The number of amides is 1. The summed E-state index contributed by atoms with van der Waals surface area (Å²) >= 11 is 0. The molecule has 0 radical (unpaired) electrons. The van der Waals surface area contributed by atoms with Crippen molar-refractivity contribution in [3.05, 3.63) is 70.0 Å². The number of nitrogens with zero attached hydrogens (tertiary/aromatic N) is 2. The Morgan fingerprint density at radius 3 is 2.81 bits per heavy atom. The van der Waals surface area contributed by atoms with Crippen LogP contribution in [0.25, 0.3) is 0 Å². The molecule has 0 saturated heterocycles. The van der Waals surface area contributed by atoms with Gasteiger partial charge >= 0.3 is 0 Å². The van der Waals surface area contributed by atoms with Gasteiger partial charge in [0.1, 0.15) is 0 Å². The Kier molecular flexibility index (Phi) is 4.61. The third-order valence-electron chi connectivity index (χ3n) is 3.12. The van der Waals surface area contributed by atoms with Crippen LogP contribution in [-0.4, -0.2) is 15.8 Å². The first-order valence-corrected chi connectivity index (χ1v) is 6.57. The number of nitro benzene ring substituents is 1. The van der Waals surface area contributed by atoms with Crippen molar-refractivity contribution in [2.45, 2.75) is 19.4 Å². The monoisotopic (exact) mass is 285 g/mol. The van der Waals surface area contributed by atoms with Crippen LogP contribution in [-0.2, 0) is 0 Å². The highest BCUT2D eigenvalue weighted by Gasteiger charge is 2.16. The van der Waals surface area contributed by atoms with Gasteiger partial charge in [0.2, 0.25) is 0 Å². The third kappa shape index (κ3) is 3.62. The molecule has 1 aromatic carbocycles. The number of carbonyl (C=O) groups is 1. The van der Waals surface area contributed by atoms with E-state index in [1.54, 1.807) is 30.5 Å². The predicted molar refractivity (Wildman–Crippen MR) is 77.8 cm³/mol. The Bertz CT molecular complexity index is 644. The number of hydrogen-bond donors (Lipinski definition) is 1. The van der Waals surface area contributed by atoms with E-state index in [4.69, 9.17) is 0 Å². The maximum atomic E-state index is 12.1. The molecule has 1 amide bonds. The highest BCUT2D eigenvalue weighted by atomic mass is 16.6. The van der Waals surface area contributed by atoms with E-state index in [9.17, 15) is 14.9 Å². The van der Waals surface area contributed by atoms with Crippen LogP contribution in [0, 0.1) is 10.1 Å². The Labute approximate surface area is 122 Å². The lowest BCUT2D eigenvalue weighted by Crippen LogP contribution is -2.28. The second kappa shape index (κ2) is 6.60. The molecule has 0 fully saturated rings. The normalized spacial score (nSPS) is 11.7. The summed E-state index contributed by atoms with van der Waals surface area (Å²) in [4.78, 5) is 26.4. The largest absolute Gasteiger partial charge is 0.345 e. The highest BCUT2D eigenvalue weighted by molar-refractivity contribution is 5.94. The number of carbonyl (C=O) groups excluding carboxylic acids is 1. The topological polar surface area (TPSA) is 85.1 Å². The van der Waals surface area contributed by atoms with Gasteiger partial charge in [-0.2, -0.15) is 0 Å². The van der Waals surface area contributed by atoms with Crippen molar-refractivity contribution >= 4 is 11.6 Å². The Morgan fingerprint density at radius 2 is 2.19 bits per heavy atom. The Balaban J connectivity index is 2.18. The van der Waals surface area contributed by atoms with Crippen LogP contribution in [0.1, 0.15) is 35.3 Å². The first kappa shape index (κ1) is 14.6. The van der Waals surface area contributed by atoms with Gasteiger partial charge in [-0.05, 0) is 24.1 Å². The molecule has 0 aliphatic carbocycles. The molecule has 6 nitrogen and oxygen atoms in total. The minimum atomic E-state index is -0.445.